The summed E-state index contributed by atoms with van der Waals surface area (Å²) in [5, 5.41) is 0. The summed E-state index contributed by atoms with van der Waals surface area (Å²) in [6.45, 7) is 5.84. The minimum absolute atomic E-state index is 0.719. The molecule has 0 saturated carbocycles. The van der Waals surface area contributed by atoms with Gasteiger partial charge >= 0.3 is 0 Å². The first kappa shape index (κ1) is 12.6. The molecule has 14 heavy (non-hydrogen) atoms. The number of hydrogen-bond donors (Lipinski definition) is 1. The number of rotatable bonds is 5. The van der Waals surface area contributed by atoms with Gasteiger partial charge in [-0.2, -0.15) is 0 Å². The molecule has 0 amide bonds. The van der Waals surface area contributed by atoms with Crippen LogP contribution in [0.5, 0.6) is 0 Å². The lowest BCUT2D eigenvalue weighted by Gasteiger charge is -2.18. The molecule has 0 aliphatic rings. The Bertz CT molecular complexity index is 288. The van der Waals surface area contributed by atoms with Gasteiger partial charge in [-0.15, -0.1) is 11.3 Å². The Kier molecular flexibility index (Phi) is 5.62. The molecule has 0 unspecified atom stereocenters. The lowest BCUT2D eigenvalue weighted by molar-refractivity contribution is 0.288. The standard InChI is InChI=1S/C9H14Br2N2S/c1-2-13(4-3-12)6-7-5-8(10)14-9(7)11/h5H,2-4,6,12H2,1H3. The Morgan fingerprint density at radius 1 is 1.50 bits per heavy atom. The maximum Gasteiger partial charge on any atom is 0.0755 e. The first-order valence-corrected chi connectivity index (χ1v) is 6.93. The second-order valence-corrected chi connectivity index (χ2v) is 6.76. The first-order valence-electron chi connectivity index (χ1n) is 4.53. The molecule has 0 radical (unpaired) electrons. The minimum Gasteiger partial charge on any atom is -0.329 e. The van der Waals surface area contributed by atoms with Gasteiger partial charge in [-0.3, -0.25) is 4.90 Å². The fourth-order valence-corrected chi connectivity index (χ4v) is 4.06. The minimum atomic E-state index is 0.719. The number of halogens is 2. The number of nitrogens with two attached hydrogens (primary N) is 1. The average Bonchev–Trinajstić information content (AvgIpc) is 2.44. The van der Waals surface area contributed by atoms with Crippen LogP contribution in [0.4, 0.5) is 0 Å². The molecule has 0 aliphatic carbocycles. The van der Waals surface area contributed by atoms with E-state index < -0.39 is 0 Å². The van der Waals surface area contributed by atoms with Crippen LogP contribution in [0.15, 0.2) is 13.6 Å². The van der Waals surface area contributed by atoms with E-state index in [1.165, 1.54) is 13.1 Å². The summed E-state index contributed by atoms with van der Waals surface area (Å²) in [6, 6.07) is 2.16. The molecule has 1 aromatic rings. The predicted octanol–water partition coefficient (Wildman–Crippen LogP) is 3.05. The van der Waals surface area contributed by atoms with Crippen LogP contribution in [-0.4, -0.2) is 24.5 Å². The lowest BCUT2D eigenvalue weighted by atomic mass is 10.3. The Balaban J connectivity index is 2.61. The largest absolute Gasteiger partial charge is 0.329 e. The highest BCUT2D eigenvalue weighted by atomic mass is 79.9. The zero-order chi connectivity index (χ0) is 10.6. The highest BCUT2D eigenvalue weighted by Gasteiger charge is 2.08. The van der Waals surface area contributed by atoms with E-state index in [1.807, 2.05) is 0 Å². The van der Waals surface area contributed by atoms with Crippen molar-refractivity contribution in [1.29, 1.82) is 0 Å². The molecule has 1 aromatic heterocycles. The third-order valence-electron chi connectivity index (χ3n) is 2.01. The molecule has 0 atom stereocenters. The van der Waals surface area contributed by atoms with E-state index in [0.717, 1.165) is 26.2 Å². The van der Waals surface area contributed by atoms with E-state index in [4.69, 9.17) is 5.73 Å². The molecule has 1 heterocycles. The molecule has 0 aromatic carbocycles. The molecule has 0 fully saturated rings. The van der Waals surface area contributed by atoms with Crippen molar-refractivity contribution in [1.82, 2.24) is 4.90 Å². The number of likely N-dealkylation sites (N-methyl/N-ethyl adjacent to an activating group) is 1. The Hall–Kier alpha value is 0.580. The summed E-state index contributed by atoms with van der Waals surface area (Å²) >= 11 is 8.75. The molecule has 0 spiro atoms. The highest BCUT2D eigenvalue weighted by Crippen LogP contribution is 2.32. The number of hydrogen-bond acceptors (Lipinski definition) is 3. The quantitative estimate of drug-likeness (QED) is 0.891. The van der Waals surface area contributed by atoms with E-state index >= 15 is 0 Å². The SMILES string of the molecule is CCN(CCN)Cc1cc(Br)sc1Br. The van der Waals surface area contributed by atoms with Crippen LogP contribution in [0.2, 0.25) is 0 Å². The molecule has 1 rings (SSSR count). The van der Waals surface area contributed by atoms with E-state index in [1.54, 1.807) is 11.3 Å². The summed E-state index contributed by atoms with van der Waals surface area (Å²) in [7, 11) is 0. The topological polar surface area (TPSA) is 29.3 Å². The van der Waals surface area contributed by atoms with Crippen molar-refractivity contribution in [3.8, 4) is 0 Å². The molecule has 2 N–H and O–H groups in total. The van der Waals surface area contributed by atoms with Crippen LogP contribution >= 0.6 is 43.2 Å². The van der Waals surface area contributed by atoms with Crippen molar-refractivity contribution < 1.29 is 0 Å². The van der Waals surface area contributed by atoms with Gasteiger partial charge in [-0.1, -0.05) is 6.92 Å². The summed E-state index contributed by atoms with van der Waals surface area (Å²) in [5.74, 6) is 0. The Labute approximate surface area is 106 Å². The van der Waals surface area contributed by atoms with Crippen molar-refractivity contribution in [2.45, 2.75) is 13.5 Å². The van der Waals surface area contributed by atoms with Gasteiger partial charge in [0.25, 0.3) is 0 Å². The first-order chi connectivity index (χ1) is 6.67. The maximum atomic E-state index is 5.54. The zero-order valence-electron chi connectivity index (χ0n) is 8.09. The van der Waals surface area contributed by atoms with Crippen LogP contribution in [-0.2, 0) is 6.54 Å². The molecule has 5 heteroatoms. The van der Waals surface area contributed by atoms with Crippen molar-refractivity contribution in [3.63, 3.8) is 0 Å². The van der Waals surface area contributed by atoms with Crippen LogP contribution < -0.4 is 5.73 Å². The van der Waals surface area contributed by atoms with Gasteiger partial charge in [0.1, 0.15) is 0 Å². The monoisotopic (exact) mass is 340 g/mol. The normalized spacial score (nSPS) is 11.2. The number of nitrogens with zero attached hydrogens (tertiary/aromatic N) is 1. The second-order valence-electron chi connectivity index (χ2n) is 3.01. The van der Waals surface area contributed by atoms with Crippen LogP contribution in [0.1, 0.15) is 12.5 Å². The van der Waals surface area contributed by atoms with Gasteiger partial charge < -0.3 is 5.73 Å². The van der Waals surface area contributed by atoms with E-state index in [9.17, 15) is 0 Å². The predicted molar refractivity (Wildman–Crippen MR) is 69.7 cm³/mol. The molecule has 0 aliphatic heterocycles. The van der Waals surface area contributed by atoms with E-state index in [0.29, 0.717) is 0 Å². The van der Waals surface area contributed by atoms with Gasteiger partial charge in [0.2, 0.25) is 0 Å². The van der Waals surface area contributed by atoms with Gasteiger partial charge in [0, 0.05) is 19.6 Å². The Morgan fingerprint density at radius 3 is 2.64 bits per heavy atom. The van der Waals surface area contributed by atoms with Crippen molar-refractivity contribution in [2.24, 2.45) is 5.73 Å². The van der Waals surface area contributed by atoms with Crippen molar-refractivity contribution >= 4 is 43.2 Å². The third kappa shape index (κ3) is 3.62. The lowest BCUT2D eigenvalue weighted by Crippen LogP contribution is -2.28. The molecule has 0 saturated heterocycles. The van der Waals surface area contributed by atoms with Crippen LogP contribution in [0.25, 0.3) is 0 Å². The van der Waals surface area contributed by atoms with E-state index in [2.05, 4.69) is 49.7 Å². The fraction of sp³-hybridized carbons (Fsp3) is 0.556. The third-order valence-corrected chi connectivity index (χ3v) is 4.48. The second kappa shape index (κ2) is 6.23. The molecule has 80 valence electrons. The van der Waals surface area contributed by atoms with Gasteiger partial charge in [0.05, 0.1) is 7.57 Å². The molecular formula is C9H14Br2N2S. The van der Waals surface area contributed by atoms with Gasteiger partial charge in [-0.25, -0.2) is 0 Å². The Morgan fingerprint density at radius 2 is 2.21 bits per heavy atom. The van der Waals surface area contributed by atoms with Gasteiger partial charge in [0.15, 0.2) is 0 Å². The number of thiophene rings is 1. The fourth-order valence-electron chi connectivity index (χ4n) is 1.25. The molecule has 0 bridgehead atoms. The van der Waals surface area contributed by atoms with E-state index in [-0.39, 0.29) is 0 Å². The summed E-state index contributed by atoms with van der Waals surface area (Å²) in [4.78, 5) is 2.33. The molecule has 2 nitrogen and oxygen atoms in total. The summed E-state index contributed by atoms with van der Waals surface area (Å²) in [6.07, 6.45) is 0. The highest BCUT2D eigenvalue weighted by molar-refractivity contribution is 9.12. The van der Waals surface area contributed by atoms with Crippen molar-refractivity contribution in [3.05, 3.63) is 19.2 Å². The average molecular weight is 342 g/mol. The smallest absolute Gasteiger partial charge is 0.0755 e. The van der Waals surface area contributed by atoms with Crippen LogP contribution in [0, 0.1) is 0 Å². The van der Waals surface area contributed by atoms with Crippen molar-refractivity contribution in [2.75, 3.05) is 19.6 Å². The van der Waals surface area contributed by atoms with Gasteiger partial charge in [-0.05, 0) is 50.0 Å². The zero-order valence-corrected chi connectivity index (χ0v) is 12.1. The summed E-state index contributed by atoms with van der Waals surface area (Å²) < 4.78 is 2.38. The molecular weight excluding hydrogens is 328 g/mol. The summed E-state index contributed by atoms with van der Waals surface area (Å²) in [5.41, 5.74) is 6.87. The van der Waals surface area contributed by atoms with Crippen LogP contribution in [0.3, 0.4) is 0 Å². The maximum absolute atomic E-state index is 5.54.